The Labute approximate surface area is 162 Å². The van der Waals surface area contributed by atoms with E-state index < -0.39 is 15.8 Å². The van der Waals surface area contributed by atoms with Crippen LogP contribution in [0.3, 0.4) is 0 Å². The number of nitrogens with one attached hydrogen (secondary N) is 1. The molecule has 1 aliphatic heterocycles. The van der Waals surface area contributed by atoms with Crippen LogP contribution in [0.5, 0.6) is 0 Å². The third-order valence-electron chi connectivity index (χ3n) is 4.79. The number of sulfonamides is 1. The summed E-state index contributed by atoms with van der Waals surface area (Å²) >= 11 is 0. The Bertz CT molecular complexity index is 1140. The zero-order valence-corrected chi connectivity index (χ0v) is 16.2. The predicted octanol–water partition coefficient (Wildman–Crippen LogP) is 1.76. The van der Waals surface area contributed by atoms with Crippen molar-refractivity contribution in [3.8, 4) is 0 Å². The maximum atomic E-state index is 12.7. The molecule has 0 unspecified atom stereocenters. The third-order valence-corrected chi connectivity index (χ3v) is 6.17. The predicted molar refractivity (Wildman–Crippen MR) is 105 cm³/mol. The topological polar surface area (TPSA) is 93.8 Å². The second-order valence-corrected chi connectivity index (χ2v) is 8.43. The zero-order valence-electron chi connectivity index (χ0n) is 15.4. The molecule has 28 heavy (non-hydrogen) atoms. The Morgan fingerprint density at radius 1 is 1.07 bits per heavy atom. The van der Waals surface area contributed by atoms with Gasteiger partial charge in [0.2, 0.25) is 0 Å². The molecular formula is C19H21N3O5S. The first kappa shape index (κ1) is 18.7. The van der Waals surface area contributed by atoms with Crippen LogP contribution >= 0.6 is 0 Å². The highest BCUT2D eigenvalue weighted by molar-refractivity contribution is 7.92. The molecular weight excluding hydrogens is 382 g/mol. The number of nitrogens with zero attached hydrogens (tertiary/aromatic N) is 2. The molecule has 0 saturated carbocycles. The first-order chi connectivity index (χ1) is 13.4. The summed E-state index contributed by atoms with van der Waals surface area (Å²) in [6, 6.07) is 11.7. The largest absolute Gasteiger partial charge is 0.419 e. The van der Waals surface area contributed by atoms with E-state index in [1.165, 1.54) is 29.8 Å². The second-order valence-electron chi connectivity index (χ2n) is 6.75. The molecule has 0 spiro atoms. The van der Waals surface area contributed by atoms with Gasteiger partial charge in [0.15, 0.2) is 5.58 Å². The highest BCUT2D eigenvalue weighted by Crippen LogP contribution is 2.21. The van der Waals surface area contributed by atoms with E-state index in [9.17, 15) is 13.2 Å². The van der Waals surface area contributed by atoms with Crippen molar-refractivity contribution < 1.29 is 17.6 Å². The number of fused-ring (bicyclic) bond motifs is 1. The molecule has 0 aliphatic carbocycles. The van der Waals surface area contributed by atoms with Crippen LogP contribution in [0.15, 0.2) is 56.6 Å². The van der Waals surface area contributed by atoms with E-state index in [4.69, 9.17) is 9.15 Å². The molecule has 8 nitrogen and oxygen atoms in total. The van der Waals surface area contributed by atoms with Crippen LogP contribution in [0.1, 0.15) is 5.56 Å². The van der Waals surface area contributed by atoms with Gasteiger partial charge in [0, 0.05) is 32.4 Å². The third kappa shape index (κ3) is 3.82. The minimum absolute atomic E-state index is 0.0637. The summed E-state index contributed by atoms with van der Waals surface area (Å²) in [7, 11) is -2.25. The van der Waals surface area contributed by atoms with Gasteiger partial charge in [0.1, 0.15) is 0 Å². The van der Waals surface area contributed by atoms with Crippen molar-refractivity contribution in [2.24, 2.45) is 7.05 Å². The molecule has 9 heteroatoms. The summed E-state index contributed by atoms with van der Waals surface area (Å²) < 4.78 is 39.7. The van der Waals surface area contributed by atoms with Gasteiger partial charge < -0.3 is 9.15 Å². The summed E-state index contributed by atoms with van der Waals surface area (Å²) in [4.78, 5) is 13.9. The van der Waals surface area contributed by atoms with E-state index in [0.717, 1.165) is 38.4 Å². The fourth-order valence-corrected chi connectivity index (χ4v) is 4.26. The summed E-state index contributed by atoms with van der Waals surface area (Å²) in [5, 5.41) is 0. The number of oxazole rings is 1. The summed E-state index contributed by atoms with van der Waals surface area (Å²) in [6.45, 7) is 4.08. The van der Waals surface area contributed by atoms with E-state index in [1.807, 2.05) is 12.1 Å². The smallest absolute Gasteiger partial charge is 0.408 e. The van der Waals surface area contributed by atoms with Gasteiger partial charge in [0.05, 0.1) is 23.6 Å². The van der Waals surface area contributed by atoms with Gasteiger partial charge in [-0.2, -0.15) is 0 Å². The molecule has 3 aromatic rings. The minimum Gasteiger partial charge on any atom is -0.408 e. The molecule has 2 heterocycles. The van der Waals surface area contributed by atoms with E-state index in [-0.39, 0.29) is 4.90 Å². The van der Waals surface area contributed by atoms with Gasteiger partial charge in [0.25, 0.3) is 10.0 Å². The quantitative estimate of drug-likeness (QED) is 0.698. The van der Waals surface area contributed by atoms with Crippen molar-refractivity contribution in [1.29, 1.82) is 0 Å². The Morgan fingerprint density at radius 2 is 1.79 bits per heavy atom. The van der Waals surface area contributed by atoms with Crippen molar-refractivity contribution in [2.75, 3.05) is 31.0 Å². The van der Waals surface area contributed by atoms with Crippen molar-refractivity contribution in [3.63, 3.8) is 0 Å². The molecule has 1 saturated heterocycles. The monoisotopic (exact) mass is 403 g/mol. The lowest BCUT2D eigenvalue weighted by Crippen LogP contribution is -2.35. The fourth-order valence-electron chi connectivity index (χ4n) is 3.18. The number of hydrogen-bond acceptors (Lipinski definition) is 6. The van der Waals surface area contributed by atoms with Gasteiger partial charge in [-0.1, -0.05) is 12.1 Å². The van der Waals surface area contributed by atoms with Crippen LogP contribution in [-0.4, -0.2) is 44.2 Å². The molecule has 0 bridgehead atoms. The summed E-state index contributed by atoms with van der Waals surface area (Å²) in [6.07, 6.45) is 0. The zero-order chi connectivity index (χ0) is 19.7. The second kappa shape index (κ2) is 7.42. The lowest BCUT2D eigenvalue weighted by atomic mass is 10.2. The van der Waals surface area contributed by atoms with E-state index in [0.29, 0.717) is 16.8 Å². The molecule has 2 aromatic carbocycles. The molecule has 1 fully saturated rings. The van der Waals surface area contributed by atoms with Crippen molar-refractivity contribution >= 4 is 26.8 Å². The van der Waals surface area contributed by atoms with Crippen LogP contribution in [0.25, 0.3) is 11.1 Å². The van der Waals surface area contributed by atoms with Crippen LogP contribution in [-0.2, 0) is 28.4 Å². The number of ether oxygens (including phenoxy) is 1. The van der Waals surface area contributed by atoms with E-state index in [2.05, 4.69) is 9.62 Å². The molecule has 0 atom stereocenters. The van der Waals surface area contributed by atoms with Crippen LogP contribution in [0, 0.1) is 0 Å². The van der Waals surface area contributed by atoms with Crippen molar-refractivity contribution in [2.45, 2.75) is 11.4 Å². The maximum absolute atomic E-state index is 12.7. The average molecular weight is 403 g/mol. The Morgan fingerprint density at radius 3 is 2.50 bits per heavy atom. The maximum Gasteiger partial charge on any atom is 0.419 e. The van der Waals surface area contributed by atoms with Crippen molar-refractivity contribution in [3.05, 3.63) is 58.6 Å². The Hall–Kier alpha value is -2.62. The average Bonchev–Trinajstić information content (AvgIpc) is 2.97. The van der Waals surface area contributed by atoms with Crippen LogP contribution in [0.2, 0.25) is 0 Å². The number of aromatic nitrogens is 1. The summed E-state index contributed by atoms with van der Waals surface area (Å²) in [5.74, 6) is -0.534. The standard InChI is InChI=1S/C19H21N3O5S/c1-21-17-12-16(6-7-18(17)27-19(21)23)28(24,25)20-15-4-2-14(3-5-15)13-22-8-10-26-11-9-22/h2-7,12,20H,8-11,13H2,1H3. The van der Waals surface area contributed by atoms with Gasteiger partial charge in [-0.3, -0.25) is 14.2 Å². The molecule has 0 radical (unpaired) electrons. The first-order valence-electron chi connectivity index (χ1n) is 8.94. The van der Waals surface area contributed by atoms with E-state index in [1.54, 1.807) is 12.1 Å². The highest BCUT2D eigenvalue weighted by Gasteiger charge is 2.17. The van der Waals surface area contributed by atoms with Gasteiger partial charge >= 0.3 is 5.76 Å². The fraction of sp³-hybridized carbons (Fsp3) is 0.316. The number of benzene rings is 2. The lowest BCUT2D eigenvalue weighted by Gasteiger charge is -2.26. The Kier molecular flexibility index (Phi) is 4.96. The molecule has 0 amide bonds. The van der Waals surface area contributed by atoms with Gasteiger partial charge in [-0.25, -0.2) is 13.2 Å². The normalized spacial score (nSPS) is 15.8. The molecule has 1 aliphatic rings. The van der Waals surface area contributed by atoms with Crippen molar-refractivity contribution in [1.82, 2.24) is 9.47 Å². The summed E-state index contributed by atoms with van der Waals surface area (Å²) in [5.41, 5.74) is 2.36. The minimum atomic E-state index is -3.79. The molecule has 1 N–H and O–H groups in total. The lowest BCUT2D eigenvalue weighted by molar-refractivity contribution is 0.0342. The molecule has 1 aromatic heterocycles. The number of anilines is 1. The van der Waals surface area contributed by atoms with Crippen LogP contribution in [0.4, 0.5) is 5.69 Å². The highest BCUT2D eigenvalue weighted by atomic mass is 32.2. The number of rotatable bonds is 5. The van der Waals surface area contributed by atoms with Gasteiger partial charge in [-0.05, 0) is 35.9 Å². The Balaban J connectivity index is 1.51. The SMILES string of the molecule is Cn1c(=O)oc2ccc(S(=O)(=O)Nc3ccc(CN4CCOCC4)cc3)cc21. The first-order valence-corrected chi connectivity index (χ1v) is 10.4. The number of hydrogen-bond donors (Lipinski definition) is 1. The number of morpholine rings is 1. The number of aryl methyl sites for hydroxylation is 1. The molecule has 148 valence electrons. The van der Waals surface area contributed by atoms with Gasteiger partial charge in [-0.15, -0.1) is 0 Å². The van der Waals surface area contributed by atoms with Crippen LogP contribution < -0.4 is 10.5 Å². The van der Waals surface area contributed by atoms with E-state index >= 15 is 0 Å². The molecule has 4 rings (SSSR count).